The normalized spacial score (nSPS) is 16.4. The van der Waals surface area contributed by atoms with Crippen molar-refractivity contribution in [3.05, 3.63) is 11.8 Å². The maximum Gasteiger partial charge on any atom is 0.527 e. The Morgan fingerprint density at radius 3 is 1.42 bits per heavy atom. The van der Waals surface area contributed by atoms with Gasteiger partial charge in [-0.2, -0.15) is 35.1 Å². The average Bonchev–Trinajstić information content (AvgIpc) is 2.11. The molecule has 0 aliphatic rings. The first-order valence-electron chi connectivity index (χ1n) is 3.71. The lowest BCUT2D eigenvalue weighted by Gasteiger charge is -2.31. The van der Waals surface area contributed by atoms with E-state index in [2.05, 4.69) is 0 Å². The fraction of sp³-hybridized carbons (Fsp3) is 0.667. The van der Waals surface area contributed by atoms with E-state index >= 15 is 0 Å². The smallest absolute Gasteiger partial charge is 0.484 e. The highest BCUT2D eigenvalue weighted by Gasteiger charge is 2.77. The topological polar surface area (TPSA) is 29.5 Å². The molecular weight excluding hydrogens is 313 g/mol. The molecule has 0 spiro atoms. The van der Waals surface area contributed by atoms with Crippen LogP contribution in [0.25, 0.3) is 0 Å². The van der Waals surface area contributed by atoms with E-state index in [1.165, 1.54) is 4.74 Å². The minimum atomic E-state index is -7.14. The third-order valence-corrected chi connectivity index (χ3v) is 1.46. The molecule has 19 heavy (non-hydrogen) atoms. The van der Waals surface area contributed by atoms with E-state index in [-0.39, 0.29) is 0 Å². The number of halogens is 11. The molecule has 0 aliphatic heterocycles. The van der Waals surface area contributed by atoms with Crippen molar-refractivity contribution in [3.8, 4) is 0 Å². The zero-order valence-electron chi connectivity index (χ0n) is 8.01. The Kier molecular flexibility index (Phi) is 4.37. The van der Waals surface area contributed by atoms with Crippen molar-refractivity contribution in [2.75, 3.05) is 0 Å². The van der Waals surface area contributed by atoms with E-state index in [0.29, 0.717) is 0 Å². The van der Waals surface area contributed by atoms with Gasteiger partial charge in [0.2, 0.25) is 5.83 Å². The van der Waals surface area contributed by atoms with Gasteiger partial charge in [-0.05, 0) is 0 Å². The summed E-state index contributed by atoms with van der Waals surface area (Å²) in [6, 6.07) is -3.60. The minimum Gasteiger partial charge on any atom is -0.484 e. The van der Waals surface area contributed by atoms with Gasteiger partial charge in [0.15, 0.2) is 0 Å². The summed E-state index contributed by atoms with van der Waals surface area (Å²) < 4.78 is 133. The van der Waals surface area contributed by atoms with Crippen LogP contribution >= 0.6 is 0 Å². The Hall–Kier alpha value is -1.27. The molecule has 0 bridgehead atoms. The van der Waals surface area contributed by atoms with Crippen LogP contribution in [0, 0.1) is 0 Å². The van der Waals surface area contributed by atoms with Crippen LogP contribution in [-0.4, -0.2) is 29.4 Å². The van der Waals surface area contributed by atoms with Crippen LogP contribution in [0.4, 0.5) is 48.3 Å². The van der Waals surface area contributed by atoms with E-state index in [4.69, 9.17) is 5.11 Å². The molecule has 13 heteroatoms. The van der Waals surface area contributed by atoms with Crippen molar-refractivity contribution >= 4 is 0 Å². The molecule has 0 unspecified atom stereocenters. The molecule has 2 nitrogen and oxygen atoms in total. The van der Waals surface area contributed by atoms with Crippen LogP contribution in [0.1, 0.15) is 0 Å². The molecule has 0 heterocycles. The third-order valence-electron chi connectivity index (χ3n) is 1.46. The molecule has 0 saturated carbocycles. The number of allylic oxidation sites excluding steroid dienone is 1. The highest BCUT2D eigenvalue weighted by Crippen LogP contribution is 2.52. The highest BCUT2D eigenvalue weighted by molar-refractivity contribution is 5.12. The molecule has 0 fully saturated rings. The summed E-state index contributed by atoms with van der Waals surface area (Å²) in [4.78, 5) is 0. The Labute approximate surface area is 95.6 Å². The second-order valence-electron chi connectivity index (χ2n) is 2.82. The van der Waals surface area contributed by atoms with Crippen LogP contribution in [0.3, 0.4) is 0 Å². The Bertz CT molecular complexity index is 364. The largest absolute Gasteiger partial charge is 0.527 e. The molecule has 114 valence electrons. The molecule has 0 rings (SSSR count). The summed E-state index contributed by atoms with van der Waals surface area (Å²) in [5.41, 5.74) is 0. The fourth-order valence-corrected chi connectivity index (χ4v) is 0.660. The molecule has 0 aromatic carbocycles. The Morgan fingerprint density at radius 2 is 1.16 bits per heavy atom. The molecular formula is C6HF11O2. The number of hydrogen-bond donors (Lipinski definition) is 1. The first-order chi connectivity index (χ1) is 8.06. The molecule has 0 aromatic heterocycles. The van der Waals surface area contributed by atoms with Gasteiger partial charge in [0.25, 0.3) is 0 Å². The van der Waals surface area contributed by atoms with Crippen LogP contribution in [0.5, 0.6) is 0 Å². The van der Waals surface area contributed by atoms with Crippen molar-refractivity contribution in [1.29, 1.82) is 0 Å². The average molecular weight is 314 g/mol. The van der Waals surface area contributed by atoms with Crippen molar-refractivity contribution in [2.24, 2.45) is 0 Å². The standard InChI is InChI=1S/C6HF11O2/c7-1(2(8)18)3(9,10)4(11,12)5(13,14)19-6(15,16)17/h18H. The zero-order valence-corrected chi connectivity index (χ0v) is 8.01. The van der Waals surface area contributed by atoms with Gasteiger partial charge in [0.05, 0.1) is 0 Å². The van der Waals surface area contributed by atoms with Crippen LogP contribution < -0.4 is 0 Å². The monoisotopic (exact) mass is 314 g/mol. The van der Waals surface area contributed by atoms with Gasteiger partial charge in [-0.3, -0.25) is 0 Å². The van der Waals surface area contributed by atoms with E-state index in [0.717, 1.165) is 0 Å². The lowest BCUT2D eigenvalue weighted by Crippen LogP contribution is -2.57. The van der Waals surface area contributed by atoms with Crippen molar-refractivity contribution in [3.63, 3.8) is 0 Å². The number of hydrogen-bond acceptors (Lipinski definition) is 2. The van der Waals surface area contributed by atoms with Crippen LogP contribution in [-0.2, 0) is 4.74 Å². The highest BCUT2D eigenvalue weighted by atomic mass is 19.4. The first-order valence-corrected chi connectivity index (χ1v) is 3.71. The first kappa shape index (κ1) is 17.7. The van der Waals surface area contributed by atoms with Crippen LogP contribution in [0.2, 0.25) is 0 Å². The zero-order chi connectivity index (χ0) is 15.9. The Morgan fingerprint density at radius 1 is 0.789 bits per heavy atom. The van der Waals surface area contributed by atoms with Gasteiger partial charge in [0, 0.05) is 0 Å². The summed E-state index contributed by atoms with van der Waals surface area (Å²) in [6.45, 7) is 0. The van der Waals surface area contributed by atoms with E-state index in [1.807, 2.05) is 0 Å². The summed E-state index contributed by atoms with van der Waals surface area (Å²) in [5.74, 6) is -18.0. The van der Waals surface area contributed by atoms with E-state index < -0.39 is 36.2 Å². The molecule has 0 saturated heterocycles. The van der Waals surface area contributed by atoms with Crippen molar-refractivity contribution in [2.45, 2.75) is 24.3 Å². The van der Waals surface area contributed by atoms with Crippen molar-refractivity contribution in [1.82, 2.24) is 0 Å². The number of rotatable bonds is 4. The van der Waals surface area contributed by atoms with E-state index in [1.54, 1.807) is 0 Å². The van der Waals surface area contributed by atoms with Gasteiger partial charge in [-0.25, -0.2) is 4.74 Å². The quantitative estimate of drug-likeness (QED) is 0.626. The summed E-state index contributed by atoms with van der Waals surface area (Å²) in [6.07, 6.45) is -13.4. The lowest BCUT2D eigenvalue weighted by atomic mass is 10.1. The second kappa shape index (κ2) is 4.68. The molecule has 0 radical (unpaired) electrons. The van der Waals surface area contributed by atoms with Crippen LogP contribution in [0.15, 0.2) is 11.8 Å². The molecule has 0 atom stereocenters. The van der Waals surface area contributed by atoms with Gasteiger partial charge < -0.3 is 5.11 Å². The van der Waals surface area contributed by atoms with Gasteiger partial charge in [-0.15, -0.1) is 13.2 Å². The third kappa shape index (κ3) is 3.39. The number of aliphatic hydroxyl groups excluding tert-OH is 1. The van der Waals surface area contributed by atoms with Gasteiger partial charge in [-0.1, -0.05) is 0 Å². The lowest BCUT2D eigenvalue weighted by molar-refractivity contribution is -0.483. The maximum atomic E-state index is 12.4. The molecule has 1 N–H and O–H groups in total. The second-order valence-corrected chi connectivity index (χ2v) is 2.82. The van der Waals surface area contributed by atoms with Gasteiger partial charge >= 0.3 is 30.3 Å². The minimum absolute atomic E-state index is 1.45. The maximum absolute atomic E-state index is 12.4. The molecule has 0 aromatic rings. The van der Waals surface area contributed by atoms with Gasteiger partial charge in [0.1, 0.15) is 0 Å². The number of ether oxygens (including phenoxy) is 1. The predicted octanol–water partition coefficient (Wildman–Crippen LogP) is 4.05. The summed E-state index contributed by atoms with van der Waals surface area (Å²) in [7, 11) is 0. The number of aliphatic hydroxyl groups is 1. The number of alkyl halides is 9. The van der Waals surface area contributed by atoms with Crippen molar-refractivity contribution < 1.29 is 58.1 Å². The molecule has 0 amide bonds. The predicted molar refractivity (Wildman–Crippen MR) is 33.9 cm³/mol. The summed E-state index contributed by atoms with van der Waals surface area (Å²) >= 11 is 0. The molecule has 0 aliphatic carbocycles. The SMILES string of the molecule is OC(F)=C(F)C(F)(F)C(F)(F)C(F)(F)OC(F)(F)F. The van der Waals surface area contributed by atoms with E-state index in [9.17, 15) is 48.3 Å². The Balaban J connectivity index is 5.66. The summed E-state index contributed by atoms with van der Waals surface area (Å²) in [5, 5.41) is 7.53. The fourth-order valence-electron chi connectivity index (χ4n) is 0.660.